The molecule has 2 aromatic rings. The van der Waals surface area contributed by atoms with Gasteiger partial charge in [-0.2, -0.15) is 0 Å². The molecule has 1 heterocycles. The van der Waals surface area contributed by atoms with Gasteiger partial charge in [0.25, 0.3) is 5.91 Å². The number of rotatable bonds is 5. The van der Waals surface area contributed by atoms with Crippen molar-refractivity contribution in [1.29, 1.82) is 0 Å². The maximum Gasteiger partial charge on any atom is 0.291 e. The maximum atomic E-state index is 11.8. The van der Waals surface area contributed by atoms with Crippen LogP contribution < -0.4 is 10.4 Å². The molecule has 22 heavy (non-hydrogen) atoms. The van der Waals surface area contributed by atoms with Crippen LogP contribution in [-0.2, 0) is 4.79 Å². The number of halogens is 1. The Morgan fingerprint density at radius 1 is 1.14 bits per heavy atom. The molecule has 112 valence electrons. The molecule has 1 aromatic heterocycles. The Hall–Kier alpha value is -2.60. The average molecular weight is 361 g/mol. The van der Waals surface area contributed by atoms with Crippen molar-refractivity contribution in [3.8, 4) is 0 Å². The summed E-state index contributed by atoms with van der Waals surface area (Å²) in [4.78, 5) is 22.9. The first-order chi connectivity index (χ1) is 10.6. The summed E-state index contributed by atoms with van der Waals surface area (Å²) in [7, 11) is 0. The molecule has 1 aromatic carbocycles. The molecule has 0 spiro atoms. The fourth-order valence-corrected chi connectivity index (χ4v) is 1.91. The van der Waals surface area contributed by atoms with Gasteiger partial charge in [0.2, 0.25) is 0 Å². The quantitative estimate of drug-likeness (QED) is 0.653. The van der Waals surface area contributed by atoms with Crippen molar-refractivity contribution in [1.82, 2.24) is 5.32 Å². The Bertz CT molecular complexity index is 732. The zero-order valence-corrected chi connectivity index (χ0v) is 12.9. The zero-order valence-electron chi connectivity index (χ0n) is 11.3. The molecule has 0 aliphatic heterocycles. The summed E-state index contributed by atoms with van der Waals surface area (Å²) in [6.45, 7) is 0. The molecule has 0 atom stereocenters. The third kappa shape index (κ3) is 4.46. The number of carbonyl (C=O) groups excluding carboxylic acids is 2. The monoisotopic (exact) mass is 360 g/mol. The van der Waals surface area contributed by atoms with E-state index in [9.17, 15) is 14.7 Å². The van der Waals surface area contributed by atoms with Crippen molar-refractivity contribution >= 4 is 33.9 Å². The van der Waals surface area contributed by atoms with Crippen LogP contribution in [0.5, 0.6) is 0 Å². The fraction of sp³-hybridized carbons (Fsp3) is 0. The number of aliphatic carboxylic acids is 1. The van der Waals surface area contributed by atoms with Crippen molar-refractivity contribution in [3.63, 3.8) is 0 Å². The second-order valence-electron chi connectivity index (χ2n) is 4.20. The van der Waals surface area contributed by atoms with E-state index in [1.54, 1.807) is 6.08 Å². The van der Waals surface area contributed by atoms with Crippen LogP contribution in [0.4, 0.5) is 0 Å². The summed E-state index contributed by atoms with van der Waals surface area (Å²) >= 11 is 3.06. The Kier molecular flexibility index (Phi) is 5.32. The predicted octanol–water partition coefficient (Wildman–Crippen LogP) is 2.12. The molecule has 0 aliphatic rings. The molecule has 5 nitrogen and oxygen atoms in total. The van der Waals surface area contributed by atoms with E-state index in [0.717, 1.165) is 5.56 Å². The summed E-state index contributed by atoms with van der Waals surface area (Å²) in [5.41, 5.74) is 0.544. The van der Waals surface area contributed by atoms with Gasteiger partial charge in [0, 0.05) is 0 Å². The molecule has 1 N–H and O–H groups in total. The number of carbonyl (C=O) groups is 2. The lowest BCUT2D eigenvalue weighted by Crippen LogP contribution is -2.35. The molecule has 0 aliphatic carbocycles. The van der Waals surface area contributed by atoms with Gasteiger partial charge in [0.1, 0.15) is 0 Å². The molecule has 0 saturated carbocycles. The van der Waals surface area contributed by atoms with Crippen LogP contribution in [0.3, 0.4) is 0 Å². The van der Waals surface area contributed by atoms with Crippen molar-refractivity contribution in [2.45, 2.75) is 0 Å². The van der Waals surface area contributed by atoms with Gasteiger partial charge in [-0.05, 0) is 39.7 Å². The molecule has 0 bridgehead atoms. The summed E-state index contributed by atoms with van der Waals surface area (Å²) in [6, 6.07) is 12.3. The Morgan fingerprint density at radius 3 is 2.45 bits per heavy atom. The van der Waals surface area contributed by atoms with Gasteiger partial charge in [0.05, 0.1) is 11.7 Å². The van der Waals surface area contributed by atoms with Crippen LogP contribution in [0, 0.1) is 0 Å². The summed E-state index contributed by atoms with van der Waals surface area (Å²) in [5.74, 6) is -2.17. The van der Waals surface area contributed by atoms with E-state index >= 15 is 0 Å². The summed E-state index contributed by atoms with van der Waals surface area (Å²) in [6.07, 6.45) is 4.47. The van der Waals surface area contributed by atoms with Crippen molar-refractivity contribution in [2.75, 3.05) is 0 Å². The van der Waals surface area contributed by atoms with Gasteiger partial charge >= 0.3 is 0 Å². The number of hydrogen-bond donors (Lipinski definition) is 1. The largest absolute Gasteiger partial charge is 0.543 e. The molecule has 1 amide bonds. The van der Waals surface area contributed by atoms with Gasteiger partial charge in [-0.1, -0.05) is 42.5 Å². The van der Waals surface area contributed by atoms with E-state index in [4.69, 9.17) is 4.42 Å². The number of furan rings is 1. The zero-order chi connectivity index (χ0) is 15.9. The highest BCUT2D eigenvalue weighted by molar-refractivity contribution is 9.10. The van der Waals surface area contributed by atoms with E-state index in [1.807, 2.05) is 30.3 Å². The van der Waals surface area contributed by atoms with Crippen LogP contribution in [-0.4, -0.2) is 11.9 Å². The normalized spacial score (nSPS) is 11.6. The SMILES string of the molecule is O=C([O-])/C(=C/C=C\c1ccccc1)NC(=O)c1ccc(Br)o1. The number of carboxylic acid groups (broad SMARTS) is 1. The molecule has 0 fully saturated rings. The molecule has 6 heteroatoms. The average Bonchev–Trinajstić information content (AvgIpc) is 2.93. The smallest absolute Gasteiger partial charge is 0.291 e. The highest BCUT2D eigenvalue weighted by Crippen LogP contribution is 2.14. The highest BCUT2D eigenvalue weighted by atomic mass is 79.9. The molecular weight excluding hydrogens is 350 g/mol. The third-order valence-electron chi connectivity index (χ3n) is 2.62. The minimum absolute atomic E-state index is 0.00827. The van der Waals surface area contributed by atoms with Gasteiger partial charge in [-0.3, -0.25) is 4.79 Å². The van der Waals surface area contributed by atoms with Crippen LogP contribution in [0.1, 0.15) is 16.1 Å². The minimum atomic E-state index is -1.49. The molecule has 2 rings (SSSR count). The number of nitrogens with one attached hydrogen (secondary N) is 1. The maximum absolute atomic E-state index is 11.8. The van der Waals surface area contributed by atoms with Crippen molar-refractivity contribution in [2.24, 2.45) is 0 Å². The lowest BCUT2D eigenvalue weighted by Gasteiger charge is -2.08. The van der Waals surface area contributed by atoms with Crippen LogP contribution in [0.25, 0.3) is 6.08 Å². The number of hydrogen-bond acceptors (Lipinski definition) is 4. The van der Waals surface area contributed by atoms with Crippen LogP contribution in [0.2, 0.25) is 0 Å². The van der Waals surface area contributed by atoms with Gasteiger partial charge < -0.3 is 19.6 Å². The minimum Gasteiger partial charge on any atom is -0.543 e. The van der Waals surface area contributed by atoms with E-state index < -0.39 is 11.9 Å². The highest BCUT2D eigenvalue weighted by Gasteiger charge is 2.12. The summed E-state index contributed by atoms with van der Waals surface area (Å²) in [5, 5.41) is 13.3. The number of amides is 1. The first-order valence-corrected chi connectivity index (χ1v) is 7.07. The molecule has 0 unspecified atom stereocenters. The summed E-state index contributed by atoms with van der Waals surface area (Å²) < 4.78 is 5.42. The Balaban J connectivity index is 2.09. The lowest BCUT2D eigenvalue weighted by molar-refractivity contribution is -0.299. The van der Waals surface area contributed by atoms with Crippen LogP contribution >= 0.6 is 15.9 Å². The van der Waals surface area contributed by atoms with Crippen LogP contribution in [0.15, 0.2) is 69.4 Å². The van der Waals surface area contributed by atoms with E-state index in [0.29, 0.717) is 4.67 Å². The number of carboxylic acids is 1. The van der Waals surface area contributed by atoms with Crippen molar-refractivity contribution in [3.05, 3.63) is 76.3 Å². The fourth-order valence-electron chi connectivity index (χ4n) is 1.60. The molecule has 0 radical (unpaired) electrons. The topological polar surface area (TPSA) is 82.4 Å². The standard InChI is InChI=1S/C16H12BrNO4/c17-14-10-9-13(22-14)15(19)18-12(16(20)21)8-4-7-11-5-2-1-3-6-11/h1-10H,(H,18,19)(H,20,21)/p-1/b7-4-,12-8-. The Morgan fingerprint density at radius 2 is 1.86 bits per heavy atom. The predicted molar refractivity (Wildman–Crippen MR) is 82.4 cm³/mol. The lowest BCUT2D eigenvalue weighted by atomic mass is 10.2. The van der Waals surface area contributed by atoms with E-state index in [2.05, 4.69) is 21.2 Å². The Labute approximate surface area is 135 Å². The van der Waals surface area contributed by atoms with E-state index in [-0.39, 0.29) is 11.5 Å². The van der Waals surface area contributed by atoms with Gasteiger partial charge in [-0.15, -0.1) is 0 Å². The van der Waals surface area contributed by atoms with Gasteiger partial charge in [-0.25, -0.2) is 0 Å². The second-order valence-corrected chi connectivity index (χ2v) is 4.98. The number of allylic oxidation sites excluding steroid dienone is 2. The number of benzene rings is 1. The van der Waals surface area contributed by atoms with Crippen molar-refractivity contribution < 1.29 is 19.1 Å². The first-order valence-electron chi connectivity index (χ1n) is 6.27. The first kappa shape index (κ1) is 15.8. The van der Waals surface area contributed by atoms with E-state index in [1.165, 1.54) is 24.3 Å². The second kappa shape index (κ2) is 7.42. The molecule has 0 saturated heterocycles. The molecular formula is C16H11BrNO4-. The third-order valence-corrected chi connectivity index (χ3v) is 3.04. The van der Waals surface area contributed by atoms with Gasteiger partial charge in [0.15, 0.2) is 10.4 Å².